The summed E-state index contributed by atoms with van der Waals surface area (Å²) in [6, 6.07) is 4.78. The summed E-state index contributed by atoms with van der Waals surface area (Å²) in [4.78, 5) is 23.5. The lowest BCUT2D eigenvalue weighted by Crippen LogP contribution is -2.49. The zero-order chi connectivity index (χ0) is 16.8. The van der Waals surface area contributed by atoms with E-state index in [0.29, 0.717) is 19.0 Å². The molecule has 1 aliphatic heterocycles. The lowest BCUT2D eigenvalue weighted by atomic mass is 9.93. The lowest BCUT2D eigenvalue weighted by Gasteiger charge is -2.28. The molecule has 0 aliphatic carbocycles. The van der Waals surface area contributed by atoms with Crippen molar-refractivity contribution in [2.24, 2.45) is 5.92 Å². The Balaban J connectivity index is 1.93. The number of aryl methyl sites for hydroxylation is 2. The number of carboxylic acids is 1. The molecule has 2 unspecified atom stereocenters. The van der Waals surface area contributed by atoms with Crippen LogP contribution in [-0.2, 0) is 14.3 Å². The summed E-state index contributed by atoms with van der Waals surface area (Å²) >= 11 is 0. The minimum Gasteiger partial charge on any atom is -0.483 e. The van der Waals surface area contributed by atoms with Crippen molar-refractivity contribution in [1.82, 2.24) is 5.32 Å². The molecule has 126 valence electrons. The molecule has 0 bridgehead atoms. The normalized spacial score (nSPS) is 19.0. The van der Waals surface area contributed by atoms with Gasteiger partial charge < -0.3 is 19.9 Å². The van der Waals surface area contributed by atoms with Crippen LogP contribution in [-0.4, -0.2) is 42.8 Å². The molecule has 0 radical (unpaired) electrons. The first kappa shape index (κ1) is 17.3. The summed E-state index contributed by atoms with van der Waals surface area (Å²) in [5.41, 5.74) is 1.88. The molecule has 2 rings (SSSR count). The fourth-order valence-corrected chi connectivity index (χ4v) is 2.79. The number of carbonyl (C=O) groups excluding carboxylic acids is 1. The van der Waals surface area contributed by atoms with Crippen LogP contribution in [0, 0.1) is 19.8 Å². The van der Waals surface area contributed by atoms with E-state index >= 15 is 0 Å². The summed E-state index contributed by atoms with van der Waals surface area (Å²) in [6.45, 7) is 4.60. The van der Waals surface area contributed by atoms with Gasteiger partial charge in [-0.05, 0) is 37.8 Å². The van der Waals surface area contributed by atoms with Crippen molar-refractivity contribution in [3.8, 4) is 5.75 Å². The van der Waals surface area contributed by atoms with Crippen LogP contribution in [0.2, 0.25) is 0 Å². The highest BCUT2D eigenvalue weighted by atomic mass is 16.5. The number of hydrogen-bond acceptors (Lipinski definition) is 4. The Morgan fingerprint density at radius 1 is 1.39 bits per heavy atom. The predicted molar refractivity (Wildman–Crippen MR) is 84.5 cm³/mol. The van der Waals surface area contributed by atoms with E-state index in [1.54, 1.807) is 0 Å². The topological polar surface area (TPSA) is 84.9 Å². The van der Waals surface area contributed by atoms with Gasteiger partial charge in [0.15, 0.2) is 6.61 Å². The van der Waals surface area contributed by atoms with Gasteiger partial charge in [0.05, 0.1) is 6.61 Å². The number of carbonyl (C=O) groups is 2. The number of aliphatic carboxylic acids is 1. The second-order valence-corrected chi connectivity index (χ2v) is 5.87. The first-order chi connectivity index (χ1) is 11.0. The Labute approximate surface area is 135 Å². The zero-order valence-electron chi connectivity index (χ0n) is 13.5. The molecule has 0 saturated carbocycles. The summed E-state index contributed by atoms with van der Waals surface area (Å²) in [6.07, 6.45) is 1.54. The third-order valence-corrected chi connectivity index (χ3v) is 4.01. The monoisotopic (exact) mass is 321 g/mol. The van der Waals surface area contributed by atoms with Crippen molar-refractivity contribution in [1.29, 1.82) is 0 Å². The molecule has 6 heteroatoms. The Hall–Kier alpha value is -2.08. The highest BCUT2D eigenvalue weighted by molar-refractivity contribution is 5.84. The molecule has 1 heterocycles. The van der Waals surface area contributed by atoms with Crippen LogP contribution in [0.4, 0.5) is 0 Å². The number of hydrogen-bond donors (Lipinski definition) is 2. The van der Waals surface area contributed by atoms with Crippen molar-refractivity contribution in [3.63, 3.8) is 0 Å². The Morgan fingerprint density at radius 3 is 2.65 bits per heavy atom. The fraction of sp³-hybridized carbons (Fsp3) is 0.529. The van der Waals surface area contributed by atoms with E-state index in [1.807, 2.05) is 32.0 Å². The van der Waals surface area contributed by atoms with E-state index in [-0.39, 0.29) is 12.5 Å². The van der Waals surface area contributed by atoms with E-state index in [9.17, 15) is 14.7 Å². The lowest BCUT2D eigenvalue weighted by molar-refractivity contribution is -0.145. The molecule has 1 fully saturated rings. The van der Waals surface area contributed by atoms with Gasteiger partial charge in [-0.25, -0.2) is 4.79 Å². The van der Waals surface area contributed by atoms with Crippen LogP contribution in [0.25, 0.3) is 0 Å². The van der Waals surface area contributed by atoms with Crippen molar-refractivity contribution < 1.29 is 24.2 Å². The summed E-state index contributed by atoms with van der Waals surface area (Å²) in [7, 11) is 0. The molecule has 0 spiro atoms. The van der Waals surface area contributed by atoms with E-state index in [2.05, 4.69) is 5.32 Å². The van der Waals surface area contributed by atoms with Crippen LogP contribution in [0.1, 0.15) is 24.0 Å². The second-order valence-electron chi connectivity index (χ2n) is 5.87. The van der Waals surface area contributed by atoms with Crippen LogP contribution >= 0.6 is 0 Å². The molecule has 6 nitrogen and oxygen atoms in total. The average Bonchev–Trinajstić information content (AvgIpc) is 2.52. The molecule has 1 aromatic rings. The van der Waals surface area contributed by atoms with E-state index in [4.69, 9.17) is 9.47 Å². The summed E-state index contributed by atoms with van der Waals surface area (Å²) < 4.78 is 10.9. The third-order valence-electron chi connectivity index (χ3n) is 4.01. The maximum Gasteiger partial charge on any atom is 0.326 e. The Morgan fingerprint density at radius 2 is 2.09 bits per heavy atom. The average molecular weight is 321 g/mol. The number of nitrogens with one attached hydrogen (secondary N) is 1. The molecule has 2 N–H and O–H groups in total. The van der Waals surface area contributed by atoms with E-state index < -0.39 is 17.9 Å². The SMILES string of the molecule is Cc1cccc(C)c1OCC(=O)NC(C(=O)O)C1CCCOC1. The predicted octanol–water partition coefficient (Wildman–Crippen LogP) is 1.68. The number of ether oxygens (including phenoxy) is 2. The maximum atomic E-state index is 12.1. The van der Waals surface area contributed by atoms with Gasteiger partial charge in [0.1, 0.15) is 11.8 Å². The molecule has 1 saturated heterocycles. The van der Waals surface area contributed by atoms with Gasteiger partial charge in [-0.15, -0.1) is 0 Å². The van der Waals surface area contributed by atoms with Crippen LogP contribution in [0.3, 0.4) is 0 Å². The summed E-state index contributed by atoms with van der Waals surface area (Å²) in [5.74, 6) is -1.02. The Kier molecular flexibility index (Phi) is 5.98. The van der Waals surface area contributed by atoms with Crippen molar-refractivity contribution in [2.75, 3.05) is 19.8 Å². The Bertz CT molecular complexity index is 546. The molecule has 2 atom stereocenters. The minimum absolute atomic E-state index is 0.203. The highest BCUT2D eigenvalue weighted by Gasteiger charge is 2.31. The van der Waals surface area contributed by atoms with E-state index in [0.717, 1.165) is 24.0 Å². The van der Waals surface area contributed by atoms with Crippen LogP contribution in [0.5, 0.6) is 5.75 Å². The van der Waals surface area contributed by atoms with Crippen LogP contribution < -0.4 is 10.1 Å². The van der Waals surface area contributed by atoms with Gasteiger partial charge in [-0.3, -0.25) is 4.79 Å². The molecular weight excluding hydrogens is 298 g/mol. The first-order valence-electron chi connectivity index (χ1n) is 7.78. The highest BCUT2D eigenvalue weighted by Crippen LogP contribution is 2.22. The van der Waals surface area contributed by atoms with Gasteiger partial charge >= 0.3 is 5.97 Å². The summed E-state index contributed by atoms with van der Waals surface area (Å²) in [5, 5.41) is 11.9. The zero-order valence-corrected chi connectivity index (χ0v) is 13.5. The molecule has 1 aromatic carbocycles. The van der Waals surface area contributed by atoms with Gasteiger partial charge in [0.2, 0.25) is 0 Å². The number of carboxylic acid groups (broad SMARTS) is 1. The first-order valence-corrected chi connectivity index (χ1v) is 7.78. The quantitative estimate of drug-likeness (QED) is 0.833. The van der Waals surface area contributed by atoms with Crippen molar-refractivity contribution in [2.45, 2.75) is 32.7 Å². The van der Waals surface area contributed by atoms with Gasteiger partial charge in [0, 0.05) is 12.5 Å². The molecule has 23 heavy (non-hydrogen) atoms. The number of amides is 1. The van der Waals surface area contributed by atoms with E-state index in [1.165, 1.54) is 0 Å². The number of rotatable bonds is 6. The van der Waals surface area contributed by atoms with Gasteiger partial charge in [-0.1, -0.05) is 18.2 Å². The standard InChI is InChI=1S/C17H23NO5/c1-11-5-3-6-12(2)16(11)23-10-14(19)18-15(17(20)21)13-7-4-8-22-9-13/h3,5-6,13,15H,4,7-10H2,1-2H3,(H,18,19)(H,20,21). The number of benzene rings is 1. The molecule has 1 aliphatic rings. The van der Waals surface area contributed by atoms with Crippen molar-refractivity contribution in [3.05, 3.63) is 29.3 Å². The van der Waals surface area contributed by atoms with Gasteiger partial charge in [-0.2, -0.15) is 0 Å². The second kappa shape index (κ2) is 7.97. The largest absolute Gasteiger partial charge is 0.483 e. The smallest absolute Gasteiger partial charge is 0.326 e. The molecular formula is C17H23NO5. The maximum absolute atomic E-state index is 12.1. The fourth-order valence-electron chi connectivity index (χ4n) is 2.79. The molecule has 1 amide bonds. The number of para-hydroxylation sites is 1. The van der Waals surface area contributed by atoms with Gasteiger partial charge in [0.25, 0.3) is 5.91 Å². The third kappa shape index (κ3) is 4.69. The van der Waals surface area contributed by atoms with Crippen molar-refractivity contribution >= 4 is 11.9 Å². The van der Waals surface area contributed by atoms with Crippen LogP contribution in [0.15, 0.2) is 18.2 Å². The molecule has 0 aromatic heterocycles. The minimum atomic E-state index is -1.04.